The molecule has 0 saturated heterocycles. The number of halogens is 3. The van der Waals surface area contributed by atoms with Crippen LogP contribution in [0.3, 0.4) is 0 Å². The van der Waals surface area contributed by atoms with Gasteiger partial charge in [0.15, 0.2) is 0 Å². The number of carboxylic acid groups (broad SMARTS) is 1. The topological polar surface area (TPSA) is 113 Å². The van der Waals surface area contributed by atoms with Crippen molar-refractivity contribution in [3.05, 3.63) is 99.8 Å². The van der Waals surface area contributed by atoms with Gasteiger partial charge >= 0.3 is 5.97 Å². The third-order valence-corrected chi connectivity index (χ3v) is 6.90. The summed E-state index contributed by atoms with van der Waals surface area (Å²) in [5, 5.41) is 12.2. The number of hydrogen-bond donors (Lipinski definition) is 3. The van der Waals surface area contributed by atoms with Crippen LogP contribution < -0.4 is 10.0 Å². The molecular formula is C24H21Cl2FN2O5S. The molecule has 0 radical (unpaired) electrons. The maximum atomic E-state index is 13.2. The molecule has 0 fully saturated rings. The van der Waals surface area contributed by atoms with Gasteiger partial charge in [-0.2, -0.15) is 4.72 Å². The second-order valence-electron chi connectivity index (χ2n) is 7.70. The fraction of sp³-hybridized carbons (Fsp3) is 0.167. The van der Waals surface area contributed by atoms with Gasteiger partial charge in [-0.25, -0.2) is 17.6 Å². The predicted molar refractivity (Wildman–Crippen MR) is 130 cm³/mol. The third-order valence-electron chi connectivity index (χ3n) is 5.01. The molecule has 0 aliphatic rings. The van der Waals surface area contributed by atoms with Crippen molar-refractivity contribution in [3.8, 4) is 0 Å². The Hall–Kier alpha value is -2.98. The largest absolute Gasteiger partial charge is 0.480 e. The van der Waals surface area contributed by atoms with Gasteiger partial charge in [-0.15, -0.1) is 0 Å². The zero-order valence-corrected chi connectivity index (χ0v) is 20.4. The number of amides is 1. The molecule has 0 aromatic heterocycles. The van der Waals surface area contributed by atoms with Gasteiger partial charge in [-0.3, -0.25) is 4.79 Å². The lowest BCUT2D eigenvalue weighted by Crippen LogP contribution is -2.53. The minimum atomic E-state index is -4.26. The van der Waals surface area contributed by atoms with Crippen molar-refractivity contribution in [2.24, 2.45) is 0 Å². The summed E-state index contributed by atoms with van der Waals surface area (Å²) in [5.74, 6) is -2.66. The van der Waals surface area contributed by atoms with E-state index in [4.69, 9.17) is 23.2 Å². The van der Waals surface area contributed by atoms with Crippen LogP contribution >= 0.6 is 23.2 Å². The fourth-order valence-corrected chi connectivity index (χ4v) is 5.23. The Morgan fingerprint density at radius 2 is 1.40 bits per heavy atom. The Kier molecular flexibility index (Phi) is 8.85. The van der Waals surface area contributed by atoms with Crippen molar-refractivity contribution in [1.82, 2.24) is 10.0 Å². The fourth-order valence-electron chi connectivity index (χ4n) is 3.31. The second kappa shape index (κ2) is 11.6. The van der Waals surface area contributed by atoms with Crippen molar-refractivity contribution in [3.63, 3.8) is 0 Å². The van der Waals surface area contributed by atoms with Crippen LogP contribution in [0.15, 0.2) is 77.7 Å². The van der Waals surface area contributed by atoms with E-state index >= 15 is 0 Å². The van der Waals surface area contributed by atoms with Crippen LogP contribution in [0.2, 0.25) is 10.0 Å². The van der Waals surface area contributed by atoms with Crippen LogP contribution in [-0.4, -0.2) is 37.5 Å². The van der Waals surface area contributed by atoms with E-state index in [9.17, 15) is 27.5 Å². The van der Waals surface area contributed by atoms with Gasteiger partial charge in [-0.05, 0) is 47.9 Å². The van der Waals surface area contributed by atoms with E-state index in [-0.39, 0.29) is 27.8 Å². The van der Waals surface area contributed by atoms with Crippen molar-refractivity contribution in [2.75, 3.05) is 0 Å². The molecule has 3 aromatic carbocycles. The van der Waals surface area contributed by atoms with Gasteiger partial charge in [-0.1, -0.05) is 65.7 Å². The van der Waals surface area contributed by atoms with Crippen LogP contribution in [0.5, 0.6) is 0 Å². The zero-order chi connectivity index (χ0) is 25.6. The average Bonchev–Trinajstić information content (AvgIpc) is 2.79. The van der Waals surface area contributed by atoms with Crippen LogP contribution in [0.25, 0.3) is 0 Å². The molecule has 35 heavy (non-hydrogen) atoms. The summed E-state index contributed by atoms with van der Waals surface area (Å²) in [5.41, 5.74) is 1.12. The smallest absolute Gasteiger partial charge is 0.326 e. The van der Waals surface area contributed by atoms with Gasteiger partial charge in [0.2, 0.25) is 15.9 Å². The van der Waals surface area contributed by atoms with Crippen molar-refractivity contribution < 1.29 is 27.5 Å². The number of nitrogens with one attached hydrogen (secondary N) is 2. The highest BCUT2D eigenvalue weighted by Crippen LogP contribution is 2.22. The van der Waals surface area contributed by atoms with Crippen molar-refractivity contribution in [1.29, 1.82) is 0 Å². The van der Waals surface area contributed by atoms with Gasteiger partial charge in [0.1, 0.15) is 17.9 Å². The highest BCUT2D eigenvalue weighted by atomic mass is 35.5. The maximum absolute atomic E-state index is 13.2. The summed E-state index contributed by atoms with van der Waals surface area (Å²) in [6.45, 7) is 0. The normalized spacial score (nSPS) is 13.1. The Bertz CT molecular complexity index is 1280. The van der Waals surface area contributed by atoms with Crippen molar-refractivity contribution >= 4 is 45.1 Å². The van der Waals surface area contributed by atoms with Crippen LogP contribution in [-0.2, 0) is 32.5 Å². The number of carbonyl (C=O) groups is 2. The third kappa shape index (κ3) is 7.76. The molecule has 1 amide bonds. The Morgan fingerprint density at radius 3 is 1.97 bits per heavy atom. The first kappa shape index (κ1) is 26.6. The van der Waals surface area contributed by atoms with Crippen LogP contribution in [0, 0.1) is 5.82 Å². The predicted octanol–water partition coefficient (Wildman–Crippen LogP) is 3.83. The number of sulfonamides is 1. The molecule has 3 aromatic rings. The summed E-state index contributed by atoms with van der Waals surface area (Å²) in [7, 11) is -4.26. The average molecular weight is 539 g/mol. The minimum Gasteiger partial charge on any atom is -0.480 e. The molecule has 0 saturated carbocycles. The van der Waals surface area contributed by atoms with Gasteiger partial charge in [0.05, 0.1) is 4.90 Å². The van der Waals surface area contributed by atoms with E-state index in [1.165, 1.54) is 42.5 Å². The number of rotatable bonds is 10. The van der Waals surface area contributed by atoms with E-state index < -0.39 is 39.8 Å². The SMILES string of the molecule is O=C(O)[C@H](Cc1ccc(F)cc1)NC(=O)[C@H](Cc1ccccc1)NS(=O)(=O)c1cc(Cl)cc(Cl)c1. The quantitative estimate of drug-likeness (QED) is 0.363. The number of benzene rings is 3. The molecule has 0 heterocycles. The lowest BCUT2D eigenvalue weighted by Gasteiger charge is -2.22. The lowest BCUT2D eigenvalue weighted by molar-refractivity contribution is -0.142. The molecular weight excluding hydrogens is 518 g/mol. The molecule has 0 unspecified atom stereocenters. The Morgan fingerprint density at radius 1 is 0.857 bits per heavy atom. The first-order valence-electron chi connectivity index (χ1n) is 10.3. The van der Waals surface area contributed by atoms with E-state index in [1.54, 1.807) is 30.3 Å². The molecule has 0 spiro atoms. The number of aliphatic carboxylic acids is 1. The molecule has 0 aliphatic heterocycles. The molecule has 0 aliphatic carbocycles. The summed E-state index contributed by atoms with van der Waals surface area (Å²) in [6.07, 6.45) is -0.181. The number of carbonyl (C=O) groups excluding carboxylic acids is 1. The number of hydrogen-bond acceptors (Lipinski definition) is 4. The van der Waals surface area contributed by atoms with Gasteiger partial charge in [0.25, 0.3) is 0 Å². The monoisotopic (exact) mass is 538 g/mol. The first-order valence-corrected chi connectivity index (χ1v) is 12.6. The summed E-state index contributed by atoms with van der Waals surface area (Å²) < 4.78 is 41.6. The summed E-state index contributed by atoms with van der Waals surface area (Å²) >= 11 is 11.9. The highest BCUT2D eigenvalue weighted by Gasteiger charge is 2.30. The van der Waals surface area contributed by atoms with Gasteiger partial charge in [0, 0.05) is 16.5 Å². The van der Waals surface area contributed by atoms with E-state index in [0.29, 0.717) is 11.1 Å². The van der Waals surface area contributed by atoms with Crippen LogP contribution in [0.4, 0.5) is 4.39 Å². The standard InChI is InChI=1S/C24H21Cl2FN2O5S/c25-17-12-18(26)14-20(13-17)35(33,34)29-21(10-15-4-2-1-3-5-15)23(30)28-22(24(31)32)11-16-6-8-19(27)9-7-16/h1-9,12-14,21-22,29H,10-11H2,(H,28,30)(H,31,32)/t21-,22-/m0/s1. The Labute approximate surface area is 211 Å². The molecule has 2 atom stereocenters. The summed E-state index contributed by atoms with van der Waals surface area (Å²) in [6, 6.07) is 14.8. The zero-order valence-electron chi connectivity index (χ0n) is 18.1. The first-order chi connectivity index (χ1) is 16.5. The van der Waals surface area contributed by atoms with Gasteiger partial charge < -0.3 is 10.4 Å². The highest BCUT2D eigenvalue weighted by molar-refractivity contribution is 7.89. The summed E-state index contributed by atoms with van der Waals surface area (Å²) in [4.78, 5) is 24.7. The molecule has 3 rings (SSSR count). The number of carboxylic acids is 1. The van der Waals surface area contributed by atoms with Crippen molar-refractivity contribution in [2.45, 2.75) is 29.8 Å². The molecule has 7 nitrogen and oxygen atoms in total. The second-order valence-corrected chi connectivity index (χ2v) is 10.3. The van der Waals surface area contributed by atoms with E-state index in [1.807, 2.05) is 0 Å². The molecule has 0 bridgehead atoms. The van der Waals surface area contributed by atoms with Crippen LogP contribution in [0.1, 0.15) is 11.1 Å². The minimum absolute atomic E-state index is 0.0525. The van der Waals surface area contributed by atoms with E-state index in [0.717, 1.165) is 0 Å². The Balaban J connectivity index is 1.86. The molecule has 3 N–H and O–H groups in total. The lowest BCUT2D eigenvalue weighted by atomic mass is 10.0. The maximum Gasteiger partial charge on any atom is 0.326 e. The van der Waals surface area contributed by atoms with E-state index in [2.05, 4.69) is 10.0 Å². The molecule has 11 heteroatoms. The molecule has 184 valence electrons.